The monoisotopic (exact) mass is 369 g/mol. The summed E-state index contributed by atoms with van der Waals surface area (Å²) in [5.41, 5.74) is 0.688. The molecule has 7 heteroatoms. The molecule has 0 bridgehead atoms. The van der Waals surface area contributed by atoms with Gasteiger partial charge in [-0.2, -0.15) is 0 Å². The van der Waals surface area contributed by atoms with E-state index in [1.165, 1.54) is 6.92 Å². The third-order valence-electron chi connectivity index (χ3n) is 5.51. The summed E-state index contributed by atoms with van der Waals surface area (Å²) in [4.78, 5) is 28.8. The molecule has 0 spiro atoms. The summed E-state index contributed by atoms with van der Waals surface area (Å²) in [6, 6.07) is 11.5. The topological polar surface area (TPSA) is 86.9 Å². The highest BCUT2D eigenvalue weighted by atomic mass is 16.5. The van der Waals surface area contributed by atoms with Gasteiger partial charge in [0, 0.05) is 44.6 Å². The molecule has 27 heavy (non-hydrogen) atoms. The van der Waals surface area contributed by atoms with Gasteiger partial charge in [0.2, 0.25) is 11.8 Å². The Morgan fingerprint density at radius 1 is 1.30 bits per heavy atom. The molecule has 0 unspecified atom stereocenters. The van der Waals surface area contributed by atoms with Crippen LogP contribution in [0.2, 0.25) is 0 Å². The minimum atomic E-state index is -0.959. The van der Waals surface area contributed by atoms with Gasteiger partial charge in [-0.15, -0.1) is 0 Å². The third kappa shape index (κ3) is 3.12. The van der Waals surface area contributed by atoms with Crippen LogP contribution in [0.15, 0.2) is 40.9 Å². The Bertz CT molecular complexity index is 844. The molecule has 3 heterocycles. The van der Waals surface area contributed by atoms with Crippen LogP contribution >= 0.6 is 0 Å². The van der Waals surface area contributed by atoms with E-state index in [9.17, 15) is 14.7 Å². The third-order valence-corrected chi connectivity index (χ3v) is 5.51. The standard InChI is InChI=1S/C20H23N3O4/c1-14(24)23-9-5-8-20(23,19(26)22-12-16(25)13-22)11-17-10-18(21-27-17)15-6-3-2-4-7-15/h2-4,6-7,10,16,25H,5,8-9,11-13H2,1H3/t20-/m1/s1. The maximum atomic E-state index is 13.2. The number of nitrogens with zero attached hydrogens (tertiary/aromatic N) is 3. The molecule has 0 saturated carbocycles. The molecule has 2 fully saturated rings. The van der Waals surface area contributed by atoms with E-state index in [0.717, 1.165) is 12.0 Å². The Morgan fingerprint density at radius 3 is 2.70 bits per heavy atom. The second kappa shape index (κ2) is 6.81. The first-order valence-electron chi connectivity index (χ1n) is 9.26. The zero-order valence-electron chi connectivity index (χ0n) is 15.3. The lowest BCUT2D eigenvalue weighted by Crippen LogP contribution is -2.65. The predicted molar refractivity (Wildman–Crippen MR) is 97.6 cm³/mol. The van der Waals surface area contributed by atoms with Gasteiger partial charge < -0.3 is 19.4 Å². The summed E-state index contributed by atoms with van der Waals surface area (Å²) in [5.74, 6) is 0.347. The minimum Gasteiger partial charge on any atom is -0.389 e. The van der Waals surface area contributed by atoms with Gasteiger partial charge in [0.05, 0.1) is 6.10 Å². The second-order valence-corrected chi connectivity index (χ2v) is 7.39. The Labute approximate surface area is 157 Å². The average molecular weight is 369 g/mol. The lowest BCUT2D eigenvalue weighted by atomic mass is 9.87. The smallest absolute Gasteiger partial charge is 0.249 e. The maximum Gasteiger partial charge on any atom is 0.249 e. The number of benzene rings is 1. The van der Waals surface area contributed by atoms with Crippen molar-refractivity contribution in [3.63, 3.8) is 0 Å². The van der Waals surface area contributed by atoms with Gasteiger partial charge in [-0.1, -0.05) is 35.5 Å². The van der Waals surface area contributed by atoms with Crippen LogP contribution in [-0.4, -0.2) is 63.2 Å². The fourth-order valence-corrected chi connectivity index (χ4v) is 4.16. The number of aliphatic hydroxyl groups is 1. The zero-order chi connectivity index (χ0) is 19.0. The first-order chi connectivity index (χ1) is 13.0. The van der Waals surface area contributed by atoms with Crippen molar-refractivity contribution in [3.05, 3.63) is 42.2 Å². The van der Waals surface area contributed by atoms with Gasteiger partial charge in [0.1, 0.15) is 17.0 Å². The fraction of sp³-hybridized carbons (Fsp3) is 0.450. The van der Waals surface area contributed by atoms with E-state index in [1.807, 2.05) is 36.4 Å². The van der Waals surface area contributed by atoms with E-state index in [1.54, 1.807) is 9.80 Å². The van der Waals surface area contributed by atoms with Crippen LogP contribution in [0, 0.1) is 0 Å². The summed E-state index contributed by atoms with van der Waals surface area (Å²) in [6.07, 6.45) is 1.16. The predicted octanol–water partition coefficient (Wildman–Crippen LogP) is 1.47. The molecule has 1 atom stereocenters. The molecule has 4 rings (SSSR count). The van der Waals surface area contributed by atoms with Gasteiger partial charge in [0.25, 0.3) is 0 Å². The normalized spacial score (nSPS) is 22.7. The molecule has 0 radical (unpaired) electrons. The van der Waals surface area contributed by atoms with Crippen molar-refractivity contribution in [2.45, 2.75) is 37.8 Å². The Kier molecular flexibility index (Phi) is 4.47. The lowest BCUT2D eigenvalue weighted by Gasteiger charge is -2.44. The number of β-amino-alcohol motifs (C(OH)–C–C–N with tert-alkyl or cyclic N) is 1. The number of carbonyl (C=O) groups excluding carboxylic acids is 2. The number of amides is 2. The van der Waals surface area contributed by atoms with Crippen LogP contribution in [0.3, 0.4) is 0 Å². The Hall–Kier alpha value is -2.67. The first-order valence-corrected chi connectivity index (χ1v) is 9.26. The van der Waals surface area contributed by atoms with Crippen molar-refractivity contribution >= 4 is 11.8 Å². The molecule has 0 aliphatic carbocycles. The molecule has 2 aromatic rings. The molecule has 2 aliphatic rings. The molecule has 7 nitrogen and oxygen atoms in total. The summed E-state index contributed by atoms with van der Waals surface area (Å²) in [6.45, 7) is 2.68. The van der Waals surface area contributed by atoms with E-state index in [2.05, 4.69) is 5.16 Å². The van der Waals surface area contributed by atoms with Crippen molar-refractivity contribution in [2.75, 3.05) is 19.6 Å². The molecule has 2 saturated heterocycles. The number of hydrogen-bond donors (Lipinski definition) is 1. The number of likely N-dealkylation sites (tertiary alicyclic amines) is 2. The van der Waals surface area contributed by atoms with Crippen molar-refractivity contribution in [3.8, 4) is 11.3 Å². The second-order valence-electron chi connectivity index (χ2n) is 7.39. The van der Waals surface area contributed by atoms with Crippen LogP contribution in [0.25, 0.3) is 11.3 Å². The quantitative estimate of drug-likeness (QED) is 0.882. The molecule has 142 valence electrons. The number of aromatic nitrogens is 1. The van der Waals surface area contributed by atoms with E-state index in [0.29, 0.717) is 37.5 Å². The van der Waals surface area contributed by atoms with E-state index >= 15 is 0 Å². The van der Waals surface area contributed by atoms with Gasteiger partial charge >= 0.3 is 0 Å². The minimum absolute atomic E-state index is 0.113. The molecular formula is C20H23N3O4. The van der Waals surface area contributed by atoms with Gasteiger partial charge in [-0.05, 0) is 12.8 Å². The highest BCUT2D eigenvalue weighted by molar-refractivity contribution is 5.92. The molecule has 1 N–H and O–H groups in total. The van der Waals surface area contributed by atoms with Crippen LogP contribution in [-0.2, 0) is 16.0 Å². The highest BCUT2D eigenvalue weighted by Crippen LogP contribution is 2.36. The summed E-state index contributed by atoms with van der Waals surface area (Å²) in [5, 5.41) is 13.7. The van der Waals surface area contributed by atoms with Gasteiger partial charge in [-0.3, -0.25) is 9.59 Å². The van der Waals surface area contributed by atoms with Crippen LogP contribution in [0.1, 0.15) is 25.5 Å². The van der Waals surface area contributed by atoms with Crippen LogP contribution < -0.4 is 0 Å². The van der Waals surface area contributed by atoms with Crippen LogP contribution in [0.4, 0.5) is 0 Å². The van der Waals surface area contributed by atoms with Crippen molar-refractivity contribution in [1.29, 1.82) is 0 Å². The van der Waals surface area contributed by atoms with Gasteiger partial charge in [-0.25, -0.2) is 0 Å². The van der Waals surface area contributed by atoms with E-state index in [-0.39, 0.29) is 18.2 Å². The highest BCUT2D eigenvalue weighted by Gasteiger charge is 2.52. The Morgan fingerprint density at radius 2 is 2.04 bits per heavy atom. The zero-order valence-corrected chi connectivity index (χ0v) is 15.3. The first kappa shape index (κ1) is 17.7. The average Bonchev–Trinajstić information content (AvgIpc) is 3.27. The Balaban J connectivity index is 1.63. The number of rotatable bonds is 4. The maximum absolute atomic E-state index is 13.2. The summed E-state index contributed by atoms with van der Waals surface area (Å²) >= 11 is 0. The number of carbonyl (C=O) groups is 2. The number of hydrogen-bond acceptors (Lipinski definition) is 5. The van der Waals surface area contributed by atoms with Crippen LogP contribution in [0.5, 0.6) is 0 Å². The lowest BCUT2D eigenvalue weighted by molar-refractivity contribution is -0.158. The molecule has 1 aromatic heterocycles. The van der Waals surface area contributed by atoms with Gasteiger partial charge in [0.15, 0.2) is 0 Å². The van der Waals surface area contributed by atoms with Crippen molar-refractivity contribution in [1.82, 2.24) is 15.0 Å². The molecule has 2 aliphatic heterocycles. The van der Waals surface area contributed by atoms with E-state index in [4.69, 9.17) is 4.52 Å². The van der Waals surface area contributed by atoms with Crippen molar-refractivity contribution in [2.24, 2.45) is 0 Å². The van der Waals surface area contributed by atoms with Crippen molar-refractivity contribution < 1.29 is 19.2 Å². The molecular weight excluding hydrogens is 346 g/mol. The van der Waals surface area contributed by atoms with E-state index < -0.39 is 11.6 Å². The summed E-state index contributed by atoms with van der Waals surface area (Å²) in [7, 11) is 0. The SMILES string of the molecule is CC(=O)N1CCC[C@@]1(Cc1cc(-c2ccccc2)no1)C(=O)N1CC(O)C1. The summed E-state index contributed by atoms with van der Waals surface area (Å²) < 4.78 is 5.53. The number of aliphatic hydroxyl groups excluding tert-OH is 1. The largest absolute Gasteiger partial charge is 0.389 e. The fourth-order valence-electron chi connectivity index (χ4n) is 4.16. The molecule has 2 amide bonds. The molecule has 1 aromatic carbocycles.